The van der Waals surface area contributed by atoms with E-state index in [1.54, 1.807) is 28.5 Å². The lowest BCUT2D eigenvalue weighted by Gasteiger charge is -2.24. The number of nitrogens with zero attached hydrogens (tertiary/aromatic N) is 3. The summed E-state index contributed by atoms with van der Waals surface area (Å²) in [5, 5.41) is 0.337. The first kappa shape index (κ1) is 31.8. The number of hydrogen-bond acceptors (Lipinski definition) is 5. The molecule has 1 aromatic heterocycles. The standard InChI is InChI=1S/C32H31F4N3O3S/c1-3-17-38(18-22-5-9-24(10-6-22)25-11-13-26(14-12-25)32(34,35)36)29(40)20-39-19-28(42-4-2)30(41)37-31(39)43-21-23-7-15-27(33)16-8-23/h5-16,19H,3-4,17-18,20-21H2,1-2H3. The van der Waals surface area contributed by atoms with Crippen molar-refractivity contribution in [2.24, 2.45) is 0 Å². The molecular formula is C32H31F4N3O3S. The molecule has 0 saturated heterocycles. The molecule has 0 aliphatic rings. The lowest BCUT2D eigenvalue weighted by Crippen LogP contribution is -2.35. The van der Waals surface area contributed by atoms with Crippen molar-refractivity contribution in [3.05, 3.63) is 112 Å². The predicted octanol–water partition coefficient (Wildman–Crippen LogP) is 7.20. The zero-order valence-electron chi connectivity index (χ0n) is 23.7. The zero-order chi connectivity index (χ0) is 31.0. The molecule has 4 rings (SSSR count). The molecule has 0 radical (unpaired) electrons. The molecule has 0 aliphatic carbocycles. The van der Waals surface area contributed by atoms with Crippen LogP contribution in [0.3, 0.4) is 0 Å². The van der Waals surface area contributed by atoms with Crippen LogP contribution in [0.5, 0.6) is 5.75 Å². The third-order valence-corrected chi connectivity index (χ3v) is 7.59. The molecule has 0 bridgehead atoms. The number of ether oxygens (including phenoxy) is 1. The second-order valence-electron chi connectivity index (χ2n) is 9.76. The Morgan fingerprint density at radius 2 is 1.53 bits per heavy atom. The average Bonchev–Trinajstić information content (AvgIpc) is 2.98. The number of carbonyl (C=O) groups is 1. The van der Waals surface area contributed by atoms with E-state index in [2.05, 4.69) is 4.98 Å². The predicted molar refractivity (Wildman–Crippen MR) is 158 cm³/mol. The maximum absolute atomic E-state index is 13.5. The molecule has 0 aliphatic heterocycles. The second kappa shape index (κ2) is 14.4. The topological polar surface area (TPSA) is 64.4 Å². The molecule has 0 N–H and O–H groups in total. The van der Waals surface area contributed by atoms with Crippen LogP contribution in [0, 0.1) is 5.82 Å². The number of hydrogen-bond donors (Lipinski definition) is 0. The van der Waals surface area contributed by atoms with E-state index in [-0.39, 0.29) is 30.6 Å². The van der Waals surface area contributed by atoms with Gasteiger partial charge in [0.15, 0.2) is 5.16 Å². The smallest absolute Gasteiger partial charge is 0.416 e. The monoisotopic (exact) mass is 613 g/mol. The van der Waals surface area contributed by atoms with Crippen molar-refractivity contribution in [1.82, 2.24) is 14.5 Å². The van der Waals surface area contributed by atoms with E-state index < -0.39 is 17.3 Å². The SMILES string of the molecule is CCCN(Cc1ccc(-c2ccc(C(F)(F)F)cc2)cc1)C(=O)Cn1cc(OCC)c(=O)nc1SCc1ccc(F)cc1. The number of carbonyl (C=O) groups excluding carboxylic acids is 1. The van der Waals surface area contributed by atoms with Crippen molar-refractivity contribution in [2.45, 2.75) is 50.4 Å². The van der Waals surface area contributed by atoms with Gasteiger partial charge in [0.25, 0.3) is 0 Å². The molecule has 226 valence electrons. The number of alkyl halides is 3. The quantitative estimate of drug-likeness (QED) is 0.0961. The van der Waals surface area contributed by atoms with E-state index in [1.807, 2.05) is 31.2 Å². The van der Waals surface area contributed by atoms with Crippen LogP contribution in [0.4, 0.5) is 17.6 Å². The Kier molecular flexibility index (Phi) is 10.6. The summed E-state index contributed by atoms with van der Waals surface area (Å²) < 4.78 is 59.1. The van der Waals surface area contributed by atoms with Crippen molar-refractivity contribution in [2.75, 3.05) is 13.2 Å². The molecule has 4 aromatic rings. The summed E-state index contributed by atoms with van der Waals surface area (Å²) in [6, 6.07) is 18.3. The summed E-state index contributed by atoms with van der Waals surface area (Å²) in [6.07, 6.45) is -2.18. The van der Waals surface area contributed by atoms with Gasteiger partial charge in [0.05, 0.1) is 18.4 Å². The molecule has 0 saturated carbocycles. The molecule has 1 amide bonds. The van der Waals surface area contributed by atoms with Crippen molar-refractivity contribution in [3.63, 3.8) is 0 Å². The number of amides is 1. The molecular weight excluding hydrogens is 582 g/mol. The average molecular weight is 614 g/mol. The fourth-order valence-electron chi connectivity index (χ4n) is 4.35. The number of aromatic nitrogens is 2. The molecule has 0 unspecified atom stereocenters. The highest BCUT2D eigenvalue weighted by Crippen LogP contribution is 2.31. The lowest BCUT2D eigenvalue weighted by atomic mass is 10.0. The third kappa shape index (κ3) is 8.70. The lowest BCUT2D eigenvalue weighted by molar-refractivity contribution is -0.137. The molecule has 6 nitrogen and oxygen atoms in total. The Morgan fingerprint density at radius 1 is 0.930 bits per heavy atom. The maximum Gasteiger partial charge on any atom is 0.416 e. The summed E-state index contributed by atoms with van der Waals surface area (Å²) in [7, 11) is 0. The van der Waals surface area contributed by atoms with Gasteiger partial charge in [-0.25, -0.2) is 4.39 Å². The number of rotatable bonds is 12. The van der Waals surface area contributed by atoms with Gasteiger partial charge >= 0.3 is 11.7 Å². The highest BCUT2D eigenvalue weighted by Gasteiger charge is 2.30. The number of halogens is 4. The second-order valence-corrected chi connectivity index (χ2v) is 10.7. The van der Waals surface area contributed by atoms with Gasteiger partial charge in [-0.2, -0.15) is 18.2 Å². The summed E-state index contributed by atoms with van der Waals surface area (Å²) in [4.78, 5) is 31.9. The first-order valence-electron chi connectivity index (χ1n) is 13.7. The molecule has 0 spiro atoms. The van der Waals surface area contributed by atoms with Crippen LogP contribution in [-0.4, -0.2) is 33.5 Å². The molecule has 43 heavy (non-hydrogen) atoms. The van der Waals surface area contributed by atoms with Gasteiger partial charge in [0, 0.05) is 18.8 Å². The maximum atomic E-state index is 13.5. The van der Waals surface area contributed by atoms with Gasteiger partial charge in [0.2, 0.25) is 11.7 Å². The first-order chi connectivity index (χ1) is 20.6. The molecule has 3 aromatic carbocycles. The van der Waals surface area contributed by atoms with E-state index in [0.717, 1.165) is 28.8 Å². The summed E-state index contributed by atoms with van der Waals surface area (Å²) in [6.45, 7) is 4.71. The summed E-state index contributed by atoms with van der Waals surface area (Å²) >= 11 is 1.26. The highest BCUT2D eigenvalue weighted by molar-refractivity contribution is 7.98. The number of benzene rings is 3. The fraction of sp³-hybridized carbons (Fsp3) is 0.281. The van der Waals surface area contributed by atoms with Crippen molar-refractivity contribution < 1.29 is 27.1 Å². The Balaban J connectivity index is 1.50. The van der Waals surface area contributed by atoms with Crippen LogP contribution < -0.4 is 10.3 Å². The highest BCUT2D eigenvalue weighted by atomic mass is 32.2. The van der Waals surface area contributed by atoms with Gasteiger partial charge in [-0.05, 0) is 59.9 Å². The first-order valence-corrected chi connectivity index (χ1v) is 14.7. The van der Waals surface area contributed by atoms with Crippen LogP contribution in [0.25, 0.3) is 11.1 Å². The normalized spacial score (nSPS) is 11.4. The van der Waals surface area contributed by atoms with Crippen molar-refractivity contribution >= 4 is 17.7 Å². The summed E-state index contributed by atoms with van der Waals surface area (Å²) in [5.74, 6) is -0.0769. The van der Waals surface area contributed by atoms with Crippen molar-refractivity contribution in [1.29, 1.82) is 0 Å². The van der Waals surface area contributed by atoms with E-state index in [9.17, 15) is 27.2 Å². The Bertz CT molecular complexity index is 1570. The Morgan fingerprint density at radius 3 is 2.12 bits per heavy atom. The van der Waals surface area contributed by atoms with Gasteiger partial charge in [0.1, 0.15) is 12.4 Å². The van der Waals surface area contributed by atoms with Gasteiger partial charge in [-0.15, -0.1) is 0 Å². The van der Waals surface area contributed by atoms with Crippen LogP contribution in [0.1, 0.15) is 37.0 Å². The van der Waals surface area contributed by atoms with E-state index >= 15 is 0 Å². The van der Waals surface area contributed by atoms with Crippen LogP contribution in [-0.2, 0) is 29.8 Å². The minimum Gasteiger partial charge on any atom is -0.487 e. The van der Waals surface area contributed by atoms with Crippen LogP contribution in [0.2, 0.25) is 0 Å². The molecule has 0 atom stereocenters. The minimum absolute atomic E-state index is 0.0438. The minimum atomic E-state index is -4.39. The van der Waals surface area contributed by atoms with Crippen molar-refractivity contribution in [3.8, 4) is 16.9 Å². The zero-order valence-corrected chi connectivity index (χ0v) is 24.6. The van der Waals surface area contributed by atoms with E-state index in [1.165, 1.54) is 42.2 Å². The Hall–Kier alpha value is -4.12. The van der Waals surface area contributed by atoms with E-state index in [4.69, 9.17) is 4.74 Å². The van der Waals surface area contributed by atoms with E-state index in [0.29, 0.717) is 36.0 Å². The third-order valence-electron chi connectivity index (χ3n) is 6.53. The summed E-state index contributed by atoms with van der Waals surface area (Å²) in [5.41, 5.74) is 1.87. The van der Waals surface area contributed by atoms with Gasteiger partial charge in [-0.1, -0.05) is 67.2 Å². The molecule has 11 heteroatoms. The fourth-order valence-corrected chi connectivity index (χ4v) is 5.27. The number of thioether (sulfide) groups is 1. The van der Waals surface area contributed by atoms with Crippen LogP contribution >= 0.6 is 11.8 Å². The molecule has 1 heterocycles. The molecule has 0 fully saturated rings. The van der Waals surface area contributed by atoms with Gasteiger partial charge < -0.3 is 14.2 Å². The van der Waals surface area contributed by atoms with Crippen LogP contribution in [0.15, 0.2) is 88.9 Å². The Labute approximate surface area is 251 Å². The largest absolute Gasteiger partial charge is 0.487 e. The van der Waals surface area contributed by atoms with Gasteiger partial charge in [-0.3, -0.25) is 9.59 Å².